The number of amides is 2. The molecule has 1 aromatic carbocycles. The number of aryl methyl sites for hydroxylation is 2. The van der Waals surface area contributed by atoms with Crippen LogP contribution >= 0.6 is 24.0 Å². The molecule has 27 heavy (non-hydrogen) atoms. The van der Waals surface area contributed by atoms with Crippen molar-refractivity contribution >= 4 is 51.9 Å². The number of hydrogen-bond acceptors (Lipinski definition) is 6. The zero-order valence-corrected chi connectivity index (χ0v) is 16.3. The molecular weight excluding hydrogens is 384 g/mol. The molecule has 2 aliphatic heterocycles. The molecule has 0 bridgehead atoms. The van der Waals surface area contributed by atoms with Gasteiger partial charge in [-0.25, -0.2) is 0 Å². The Labute approximate surface area is 165 Å². The SMILES string of the molecule is Cc1cc(CN2C(=O)COc3ccc(/C=C4/SC(=S)NC4=O)cc32)n(C)n1. The maximum Gasteiger partial charge on any atom is 0.265 e. The summed E-state index contributed by atoms with van der Waals surface area (Å²) in [5.41, 5.74) is 3.28. The van der Waals surface area contributed by atoms with Crippen molar-refractivity contribution < 1.29 is 14.3 Å². The molecule has 138 valence electrons. The van der Waals surface area contributed by atoms with Gasteiger partial charge in [0.05, 0.1) is 28.5 Å². The smallest absolute Gasteiger partial charge is 0.265 e. The van der Waals surface area contributed by atoms with Gasteiger partial charge in [0.2, 0.25) is 0 Å². The summed E-state index contributed by atoms with van der Waals surface area (Å²) in [4.78, 5) is 26.6. The molecule has 4 rings (SSSR count). The van der Waals surface area contributed by atoms with Crippen LogP contribution in [0.1, 0.15) is 17.0 Å². The van der Waals surface area contributed by atoms with E-state index in [4.69, 9.17) is 17.0 Å². The van der Waals surface area contributed by atoms with Crippen molar-refractivity contribution in [3.8, 4) is 5.75 Å². The Balaban J connectivity index is 1.69. The van der Waals surface area contributed by atoms with E-state index in [2.05, 4.69) is 10.4 Å². The normalized spacial score (nSPS) is 17.9. The first-order chi connectivity index (χ1) is 12.9. The molecule has 1 fully saturated rings. The number of nitrogens with one attached hydrogen (secondary N) is 1. The number of ether oxygens (including phenoxy) is 1. The van der Waals surface area contributed by atoms with Crippen LogP contribution in [0.5, 0.6) is 5.75 Å². The third-order valence-corrected chi connectivity index (χ3v) is 5.45. The van der Waals surface area contributed by atoms with E-state index < -0.39 is 0 Å². The van der Waals surface area contributed by atoms with Crippen molar-refractivity contribution in [3.63, 3.8) is 0 Å². The number of carbonyl (C=O) groups is 2. The third-order valence-electron chi connectivity index (χ3n) is 4.28. The van der Waals surface area contributed by atoms with Crippen LogP contribution in [0, 0.1) is 6.92 Å². The van der Waals surface area contributed by atoms with Crippen molar-refractivity contribution in [1.29, 1.82) is 0 Å². The Hall–Kier alpha value is -2.65. The van der Waals surface area contributed by atoms with E-state index in [1.807, 2.05) is 38.2 Å². The molecule has 2 aromatic rings. The van der Waals surface area contributed by atoms with Crippen LogP contribution in [0.4, 0.5) is 5.69 Å². The Kier molecular flexibility index (Phi) is 4.48. The molecule has 2 aliphatic rings. The molecule has 1 saturated heterocycles. The molecule has 7 nitrogen and oxygen atoms in total. The number of thiocarbonyl (C=S) groups is 1. The average Bonchev–Trinajstić information content (AvgIpc) is 3.10. The number of anilines is 1. The minimum atomic E-state index is -0.211. The van der Waals surface area contributed by atoms with Crippen molar-refractivity contribution in [1.82, 2.24) is 15.1 Å². The third kappa shape index (κ3) is 3.47. The van der Waals surface area contributed by atoms with Crippen molar-refractivity contribution in [2.75, 3.05) is 11.5 Å². The van der Waals surface area contributed by atoms with Crippen LogP contribution in [0.3, 0.4) is 0 Å². The van der Waals surface area contributed by atoms with Crippen LogP contribution in [0.25, 0.3) is 6.08 Å². The van der Waals surface area contributed by atoms with E-state index >= 15 is 0 Å². The number of carbonyl (C=O) groups excluding carboxylic acids is 2. The van der Waals surface area contributed by atoms with Gasteiger partial charge in [0.25, 0.3) is 11.8 Å². The molecule has 0 saturated carbocycles. The molecular formula is C18H16N4O3S2. The van der Waals surface area contributed by atoms with E-state index in [0.29, 0.717) is 27.2 Å². The number of thioether (sulfide) groups is 1. The lowest BCUT2D eigenvalue weighted by molar-refractivity contribution is -0.121. The van der Waals surface area contributed by atoms with Gasteiger partial charge in [-0.3, -0.25) is 19.2 Å². The molecule has 9 heteroatoms. The molecule has 0 atom stereocenters. The van der Waals surface area contributed by atoms with E-state index in [-0.39, 0.29) is 18.4 Å². The summed E-state index contributed by atoms with van der Waals surface area (Å²) in [5, 5.41) is 6.93. The van der Waals surface area contributed by atoms with Gasteiger partial charge in [-0.15, -0.1) is 0 Å². The second kappa shape index (κ2) is 6.82. The van der Waals surface area contributed by atoms with Crippen molar-refractivity contribution in [2.45, 2.75) is 13.5 Å². The number of aromatic nitrogens is 2. The summed E-state index contributed by atoms with van der Waals surface area (Å²) < 4.78 is 7.77. The minimum absolute atomic E-state index is 0.00318. The number of rotatable bonds is 3. The molecule has 0 spiro atoms. The summed E-state index contributed by atoms with van der Waals surface area (Å²) in [6.07, 6.45) is 1.76. The van der Waals surface area contributed by atoms with Crippen LogP contribution in [-0.2, 0) is 23.2 Å². The zero-order chi connectivity index (χ0) is 19.1. The maximum absolute atomic E-state index is 12.5. The summed E-state index contributed by atoms with van der Waals surface area (Å²) in [7, 11) is 1.85. The van der Waals surface area contributed by atoms with Crippen molar-refractivity contribution in [3.05, 3.63) is 46.1 Å². The highest BCUT2D eigenvalue weighted by Gasteiger charge is 2.27. The van der Waals surface area contributed by atoms with Crippen LogP contribution < -0.4 is 15.0 Å². The van der Waals surface area contributed by atoms with Gasteiger partial charge >= 0.3 is 0 Å². The van der Waals surface area contributed by atoms with Gasteiger partial charge in [-0.2, -0.15) is 5.10 Å². The topological polar surface area (TPSA) is 76.5 Å². The van der Waals surface area contributed by atoms with Crippen LogP contribution in [0.2, 0.25) is 0 Å². The van der Waals surface area contributed by atoms with Gasteiger partial charge in [0.15, 0.2) is 6.61 Å². The fourth-order valence-electron chi connectivity index (χ4n) is 3.03. The predicted octanol–water partition coefficient (Wildman–Crippen LogP) is 2.14. The highest BCUT2D eigenvalue weighted by molar-refractivity contribution is 8.26. The number of benzene rings is 1. The highest BCUT2D eigenvalue weighted by Crippen LogP contribution is 2.35. The Bertz CT molecular complexity index is 1010. The van der Waals surface area contributed by atoms with E-state index in [1.165, 1.54) is 11.8 Å². The second-order valence-electron chi connectivity index (χ2n) is 6.25. The predicted molar refractivity (Wildman–Crippen MR) is 107 cm³/mol. The lowest BCUT2D eigenvalue weighted by atomic mass is 10.1. The van der Waals surface area contributed by atoms with E-state index in [0.717, 1.165) is 17.0 Å². The van der Waals surface area contributed by atoms with E-state index in [9.17, 15) is 9.59 Å². The first-order valence-electron chi connectivity index (χ1n) is 8.22. The number of hydrogen-bond donors (Lipinski definition) is 1. The molecule has 1 N–H and O–H groups in total. The molecule has 0 unspecified atom stereocenters. The summed E-state index contributed by atoms with van der Waals surface area (Å²) in [6.45, 7) is 2.31. The fraction of sp³-hybridized carbons (Fsp3) is 0.222. The van der Waals surface area contributed by atoms with Gasteiger partial charge in [0, 0.05) is 7.05 Å². The van der Waals surface area contributed by atoms with E-state index in [1.54, 1.807) is 15.7 Å². The Morgan fingerprint density at radius 2 is 2.19 bits per heavy atom. The van der Waals surface area contributed by atoms with Gasteiger partial charge in [-0.1, -0.05) is 30.0 Å². The van der Waals surface area contributed by atoms with Crippen LogP contribution in [0.15, 0.2) is 29.2 Å². The largest absolute Gasteiger partial charge is 0.482 e. The molecule has 1 aromatic heterocycles. The number of nitrogens with zero attached hydrogens (tertiary/aromatic N) is 3. The van der Waals surface area contributed by atoms with Gasteiger partial charge < -0.3 is 10.1 Å². The molecule has 2 amide bonds. The minimum Gasteiger partial charge on any atom is -0.482 e. The quantitative estimate of drug-likeness (QED) is 0.628. The zero-order valence-electron chi connectivity index (χ0n) is 14.7. The summed E-state index contributed by atoms with van der Waals surface area (Å²) in [6, 6.07) is 7.46. The lowest BCUT2D eigenvalue weighted by Gasteiger charge is -2.29. The number of fused-ring (bicyclic) bond motifs is 1. The van der Waals surface area contributed by atoms with Gasteiger partial charge in [0.1, 0.15) is 10.1 Å². The second-order valence-corrected chi connectivity index (χ2v) is 7.97. The van der Waals surface area contributed by atoms with Crippen molar-refractivity contribution in [2.24, 2.45) is 7.05 Å². The lowest BCUT2D eigenvalue weighted by Crippen LogP contribution is -2.38. The molecule has 0 radical (unpaired) electrons. The molecule has 0 aliphatic carbocycles. The monoisotopic (exact) mass is 400 g/mol. The molecule has 3 heterocycles. The summed E-state index contributed by atoms with van der Waals surface area (Å²) in [5.74, 6) is 0.298. The average molecular weight is 400 g/mol. The fourth-order valence-corrected chi connectivity index (χ4v) is 4.07. The summed E-state index contributed by atoms with van der Waals surface area (Å²) >= 11 is 6.24. The van der Waals surface area contributed by atoms with Gasteiger partial charge in [-0.05, 0) is 36.8 Å². The first-order valence-corrected chi connectivity index (χ1v) is 9.45. The Morgan fingerprint density at radius 1 is 1.37 bits per heavy atom. The highest BCUT2D eigenvalue weighted by atomic mass is 32.2. The first kappa shape index (κ1) is 17.7. The van der Waals surface area contributed by atoms with Crippen LogP contribution in [-0.4, -0.2) is 32.5 Å². The Morgan fingerprint density at radius 3 is 2.85 bits per heavy atom. The standard InChI is InChI=1S/C18H16N4O3S2/c1-10-5-12(21(2)20-10)8-22-13-6-11(3-4-14(13)25-9-16(22)23)7-15-17(24)19-18(26)27-15/h3-7H,8-9H2,1-2H3,(H,19,24,26)/b15-7+. The maximum atomic E-state index is 12.5.